The molecule has 2 aromatic rings. The molecular formula is C16H17NO3S2. The molecule has 22 heavy (non-hydrogen) atoms. The van der Waals surface area contributed by atoms with E-state index < -0.39 is 9.84 Å². The van der Waals surface area contributed by atoms with Crippen molar-refractivity contribution in [1.29, 1.82) is 0 Å². The number of sulfone groups is 1. The lowest BCUT2D eigenvalue weighted by Crippen LogP contribution is -2.10. The zero-order valence-electron chi connectivity index (χ0n) is 11.9. The smallest absolute Gasteiger partial charge is 0.179 e. The first-order valence-electron chi connectivity index (χ1n) is 6.98. The zero-order chi connectivity index (χ0) is 15.6. The Bertz CT molecular complexity index is 736. The third-order valence-electron chi connectivity index (χ3n) is 3.39. The van der Waals surface area contributed by atoms with Crippen LogP contribution in [-0.4, -0.2) is 25.2 Å². The molecule has 0 radical (unpaired) electrons. The molecule has 1 aliphatic rings. The maximum Gasteiger partial charge on any atom is 0.179 e. The molecule has 1 atom stereocenters. The summed E-state index contributed by atoms with van der Waals surface area (Å²) in [7, 11) is -3.19. The van der Waals surface area contributed by atoms with Crippen LogP contribution in [0.25, 0.3) is 0 Å². The number of hydrogen-bond donors (Lipinski definition) is 1. The second kappa shape index (κ2) is 6.32. The van der Waals surface area contributed by atoms with Crippen LogP contribution in [0.1, 0.15) is 5.56 Å². The first-order chi connectivity index (χ1) is 10.6. The van der Waals surface area contributed by atoms with Gasteiger partial charge in [0, 0.05) is 17.5 Å². The predicted octanol–water partition coefficient (Wildman–Crippen LogP) is 2.83. The first-order valence-corrected chi connectivity index (χ1v) is 9.68. The van der Waals surface area contributed by atoms with Gasteiger partial charge in [-0.05, 0) is 42.0 Å². The summed E-state index contributed by atoms with van der Waals surface area (Å²) >= 11 is 1.68. The molecule has 1 fully saturated rings. The van der Waals surface area contributed by atoms with E-state index in [1.165, 1.54) is 0 Å². The summed E-state index contributed by atoms with van der Waals surface area (Å²) in [6.07, 6.45) is 0. The van der Waals surface area contributed by atoms with E-state index in [0.29, 0.717) is 22.9 Å². The first kappa shape index (κ1) is 15.4. The van der Waals surface area contributed by atoms with Gasteiger partial charge >= 0.3 is 0 Å². The SMILES string of the molecule is NCc1ccc(Oc2ccc(S(=O)(=O)C[C@H]3CS3)cc2)cc1. The van der Waals surface area contributed by atoms with Gasteiger partial charge in [-0.25, -0.2) is 8.42 Å². The summed E-state index contributed by atoms with van der Waals surface area (Å²) in [6, 6.07) is 14.1. The second-order valence-corrected chi connectivity index (χ2v) is 8.53. The second-order valence-electron chi connectivity index (χ2n) is 5.16. The van der Waals surface area contributed by atoms with Gasteiger partial charge in [0.2, 0.25) is 0 Å². The Morgan fingerprint density at radius 1 is 1.05 bits per heavy atom. The monoisotopic (exact) mass is 335 g/mol. The lowest BCUT2D eigenvalue weighted by Gasteiger charge is -2.08. The van der Waals surface area contributed by atoms with Crippen LogP contribution in [0, 0.1) is 0 Å². The molecule has 0 amide bonds. The third-order valence-corrected chi connectivity index (χ3v) is 6.40. The lowest BCUT2D eigenvalue weighted by atomic mass is 10.2. The molecule has 2 N–H and O–H groups in total. The van der Waals surface area contributed by atoms with Gasteiger partial charge in [-0.3, -0.25) is 0 Å². The molecule has 0 aliphatic carbocycles. The minimum absolute atomic E-state index is 0.221. The molecule has 0 saturated carbocycles. The van der Waals surface area contributed by atoms with Gasteiger partial charge in [-0.15, -0.1) is 0 Å². The van der Waals surface area contributed by atoms with E-state index in [2.05, 4.69) is 0 Å². The maximum absolute atomic E-state index is 12.2. The molecule has 0 aromatic heterocycles. The molecule has 4 nitrogen and oxygen atoms in total. The molecule has 1 heterocycles. The van der Waals surface area contributed by atoms with Crippen molar-refractivity contribution in [2.24, 2.45) is 5.73 Å². The highest BCUT2D eigenvalue weighted by Crippen LogP contribution is 2.33. The Balaban J connectivity index is 1.70. The topological polar surface area (TPSA) is 69.4 Å². The Hall–Kier alpha value is -1.50. The quantitative estimate of drug-likeness (QED) is 0.822. The Labute approximate surface area is 134 Å². The van der Waals surface area contributed by atoms with Crippen molar-refractivity contribution in [2.75, 3.05) is 11.5 Å². The van der Waals surface area contributed by atoms with Crippen LogP contribution < -0.4 is 10.5 Å². The number of rotatable bonds is 6. The van der Waals surface area contributed by atoms with Crippen molar-refractivity contribution in [3.63, 3.8) is 0 Å². The van der Waals surface area contributed by atoms with Crippen LogP contribution in [0.15, 0.2) is 53.4 Å². The van der Waals surface area contributed by atoms with Crippen molar-refractivity contribution in [3.8, 4) is 11.5 Å². The van der Waals surface area contributed by atoms with Crippen LogP contribution in [0.3, 0.4) is 0 Å². The fraction of sp³-hybridized carbons (Fsp3) is 0.250. The van der Waals surface area contributed by atoms with E-state index >= 15 is 0 Å². The average molecular weight is 335 g/mol. The summed E-state index contributed by atoms with van der Waals surface area (Å²) in [4.78, 5) is 0.353. The zero-order valence-corrected chi connectivity index (χ0v) is 13.6. The van der Waals surface area contributed by atoms with Crippen molar-refractivity contribution in [1.82, 2.24) is 0 Å². The summed E-state index contributed by atoms with van der Waals surface area (Å²) in [6.45, 7) is 0.492. The van der Waals surface area contributed by atoms with Gasteiger partial charge in [-0.2, -0.15) is 11.8 Å². The Morgan fingerprint density at radius 2 is 1.59 bits per heavy atom. The highest BCUT2D eigenvalue weighted by molar-refractivity contribution is 8.08. The van der Waals surface area contributed by atoms with Gasteiger partial charge in [0.15, 0.2) is 9.84 Å². The highest BCUT2D eigenvalue weighted by Gasteiger charge is 2.29. The molecule has 6 heteroatoms. The molecule has 0 unspecified atom stereocenters. The van der Waals surface area contributed by atoms with Crippen molar-refractivity contribution in [2.45, 2.75) is 16.7 Å². The summed E-state index contributed by atoms with van der Waals surface area (Å²) in [5.41, 5.74) is 6.58. The van der Waals surface area contributed by atoms with E-state index in [1.807, 2.05) is 24.3 Å². The average Bonchev–Trinajstić information content (AvgIpc) is 3.32. The normalized spacial score (nSPS) is 17.2. The van der Waals surface area contributed by atoms with Crippen LogP contribution in [0.5, 0.6) is 11.5 Å². The van der Waals surface area contributed by atoms with Gasteiger partial charge in [0.25, 0.3) is 0 Å². The summed E-state index contributed by atoms with van der Waals surface area (Å²) < 4.78 is 30.0. The van der Waals surface area contributed by atoms with Crippen LogP contribution in [0.2, 0.25) is 0 Å². The van der Waals surface area contributed by atoms with Gasteiger partial charge in [-0.1, -0.05) is 12.1 Å². The van der Waals surface area contributed by atoms with Crippen LogP contribution >= 0.6 is 11.8 Å². The molecule has 2 aromatic carbocycles. The number of thioether (sulfide) groups is 1. The molecular weight excluding hydrogens is 318 g/mol. The highest BCUT2D eigenvalue weighted by atomic mass is 32.2. The van der Waals surface area contributed by atoms with Gasteiger partial charge in [0.1, 0.15) is 11.5 Å². The molecule has 0 bridgehead atoms. The molecule has 1 saturated heterocycles. The Morgan fingerprint density at radius 3 is 2.09 bits per heavy atom. The standard InChI is InChI=1S/C16H17NO3S2/c17-9-12-1-3-13(4-2-12)20-14-5-7-16(8-6-14)22(18,19)11-15-10-21-15/h1-8,15H,9-11,17H2/t15-/m1/s1. The van der Waals surface area contributed by atoms with E-state index in [4.69, 9.17) is 10.5 Å². The molecule has 0 spiro atoms. The number of ether oxygens (including phenoxy) is 1. The largest absolute Gasteiger partial charge is 0.457 e. The van der Waals surface area contributed by atoms with E-state index in [9.17, 15) is 8.42 Å². The predicted molar refractivity (Wildman–Crippen MR) is 89.1 cm³/mol. The fourth-order valence-corrected chi connectivity index (χ4v) is 4.73. The number of hydrogen-bond acceptors (Lipinski definition) is 5. The van der Waals surface area contributed by atoms with E-state index in [1.54, 1.807) is 36.0 Å². The summed E-state index contributed by atoms with van der Waals surface area (Å²) in [5, 5.41) is 0.266. The number of benzene rings is 2. The van der Waals surface area contributed by atoms with Crippen molar-refractivity contribution in [3.05, 3.63) is 54.1 Å². The van der Waals surface area contributed by atoms with Gasteiger partial charge < -0.3 is 10.5 Å². The van der Waals surface area contributed by atoms with Gasteiger partial charge in [0.05, 0.1) is 10.6 Å². The van der Waals surface area contributed by atoms with Crippen LogP contribution in [-0.2, 0) is 16.4 Å². The third kappa shape index (κ3) is 3.82. The lowest BCUT2D eigenvalue weighted by molar-refractivity contribution is 0.482. The minimum atomic E-state index is -3.19. The minimum Gasteiger partial charge on any atom is -0.457 e. The number of nitrogens with two attached hydrogens (primary N) is 1. The maximum atomic E-state index is 12.2. The van der Waals surface area contributed by atoms with E-state index in [0.717, 1.165) is 11.3 Å². The fourth-order valence-electron chi connectivity index (χ4n) is 2.05. The molecule has 1 aliphatic heterocycles. The Kier molecular flexibility index (Phi) is 4.42. The summed E-state index contributed by atoms with van der Waals surface area (Å²) in [5.74, 6) is 2.47. The van der Waals surface area contributed by atoms with Crippen LogP contribution in [0.4, 0.5) is 0 Å². The van der Waals surface area contributed by atoms with Crippen molar-refractivity contribution >= 4 is 21.6 Å². The molecule has 116 valence electrons. The van der Waals surface area contributed by atoms with E-state index in [-0.39, 0.29) is 11.0 Å². The van der Waals surface area contributed by atoms with Crippen molar-refractivity contribution < 1.29 is 13.2 Å². The molecule has 3 rings (SSSR count).